The number of nitrogens with zero attached hydrogens (tertiary/aromatic N) is 1. The van der Waals surface area contributed by atoms with Gasteiger partial charge in [0.15, 0.2) is 5.78 Å². The van der Waals surface area contributed by atoms with Gasteiger partial charge in [0.25, 0.3) is 5.69 Å². The SMILES string of the molecule is Cc1ccc(Sc2ccc(C=CC(=O)c3ccccc3OC(F)F)cc2[N+](=O)[O-])cc1. The molecule has 0 amide bonds. The Kier molecular flexibility index (Phi) is 7.15. The Morgan fingerprint density at radius 2 is 1.81 bits per heavy atom. The van der Waals surface area contributed by atoms with Crippen LogP contribution in [0, 0.1) is 17.0 Å². The van der Waals surface area contributed by atoms with Crippen LogP contribution < -0.4 is 4.74 Å². The number of hydrogen-bond acceptors (Lipinski definition) is 5. The molecule has 0 atom stereocenters. The number of ketones is 1. The molecule has 0 fully saturated rings. The summed E-state index contributed by atoms with van der Waals surface area (Å²) in [5.74, 6) is -0.792. The van der Waals surface area contributed by atoms with E-state index in [9.17, 15) is 23.7 Å². The highest BCUT2D eigenvalue weighted by atomic mass is 32.2. The Morgan fingerprint density at radius 3 is 2.48 bits per heavy atom. The zero-order chi connectivity index (χ0) is 22.4. The van der Waals surface area contributed by atoms with Gasteiger partial charge in [-0.2, -0.15) is 8.78 Å². The Labute approximate surface area is 181 Å². The topological polar surface area (TPSA) is 69.4 Å². The first-order valence-corrected chi connectivity index (χ1v) is 9.94. The minimum absolute atomic E-state index is 0.0277. The molecular weight excluding hydrogens is 424 g/mol. The molecule has 0 unspecified atom stereocenters. The maximum Gasteiger partial charge on any atom is 0.387 e. The van der Waals surface area contributed by atoms with Crippen molar-refractivity contribution < 1.29 is 23.2 Å². The average molecular weight is 441 g/mol. The maximum absolute atomic E-state index is 12.5. The second-order valence-electron chi connectivity index (χ2n) is 6.47. The van der Waals surface area contributed by atoms with Gasteiger partial charge in [0.1, 0.15) is 5.75 Å². The van der Waals surface area contributed by atoms with Crippen LogP contribution in [-0.4, -0.2) is 17.3 Å². The van der Waals surface area contributed by atoms with Crippen LogP contribution in [0.25, 0.3) is 6.08 Å². The lowest BCUT2D eigenvalue weighted by molar-refractivity contribution is -0.387. The number of benzene rings is 3. The molecule has 0 bridgehead atoms. The molecule has 0 saturated carbocycles. The molecule has 3 rings (SSSR count). The van der Waals surface area contributed by atoms with Gasteiger partial charge >= 0.3 is 6.61 Å². The number of aryl methyl sites for hydroxylation is 1. The van der Waals surface area contributed by atoms with Gasteiger partial charge < -0.3 is 4.74 Å². The molecule has 158 valence electrons. The molecule has 0 heterocycles. The van der Waals surface area contributed by atoms with Gasteiger partial charge in [0.05, 0.1) is 15.4 Å². The van der Waals surface area contributed by atoms with E-state index < -0.39 is 17.3 Å². The molecule has 5 nitrogen and oxygen atoms in total. The van der Waals surface area contributed by atoms with Crippen molar-refractivity contribution in [2.45, 2.75) is 23.3 Å². The van der Waals surface area contributed by atoms with E-state index in [1.54, 1.807) is 12.1 Å². The number of rotatable bonds is 8. The number of allylic oxidation sites excluding steroid dienone is 1. The summed E-state index contributed by atoms with van der Waals surface area (Å²) in [4.78, 5) is 24.8. The highest BCUT2D eigenvalue weighted by Crippen LogP contribution is 2.35. The number of alkyl halides is 2. The third-order valence-electron chi connectivity index (χ3n) is 4.22. The first-order chi connectivity index (χ1) is 14.8. The fourth-order valence-corrected chi connectivity index (χ4v) is 3.63. The van der Waals surface area contributed by atoms with Crippen molar-refractivity contribution >= 4 is 29.3 Å². The van der Waals surface area contributed by atoms with Crippen LogP contribution in [0.2, 0.25) is 0 Å². The summed E-state index contributed by atoms with van der Waals surface area (Å²) >= 11 is 1.27. The monoisotopic (exact) mass is 441 g/mol. The maximum atomic E-state index is 12.5. The average Bonchev–Trinajstić information content (AvgIpc) is 2.74. The molecular formula is C23H17F2NO4S. The van der Waals surface area contributed by atoms with Gasteiger partial charge in [-0.15, -0.1) is 0 Å². The van der Waals surface area contributed by atoms with Crippen molar-refractivity contribution in [2.75, 3.05) is 0 Å². The Balaban J connectivity index is 1.83. The molecule has 0 radical (unpaired) electrons. The first kappa shape index (κ1) is 22.2. The lowest BCUT2D eigenvalue weighted by atomic mass is 10.1. The van der Waals surface area contributed by atoms with Crippen LogP contribution >= 0.6 is 11.8 Å². The molecule has 0 N–H and O–H groups in total. The van der Waals surface area contributed by atoms with E-state index in [4.69, 9.17) is 0 Å². The van der Waals surface area contributed by atoms with E-state index >= 15 is 0 Å². The summed E-state index contributed by atoms with van der Waals surface area (Å²) in [5, 5.41) is 11.5. The number of para-hydroxylation sites is 1. The number of carbonyl (C=O) groups excluding carboxylic acids is 1. The normalized spacial score (nSPS) is 11.1. The number of carbonyl (C=O) groups is 1. The number of ether oxygens (including phenoxy) is 1. The van der Waals surface area contributed by atoms with E-state index in [1.165, 1.54) is 54.2 Å². The minimum atomic E-state index is -3.06. The van der Waals surface area contributed by atoms with E-state index in [2.05, 4.69) is 4.74 Å². The van der Waals surface area contributed by atoms with Crippen molar-refractivity contribution in [1.29, 1.82) is 0 Å². The van der Waals surface area contributed by atoms with Gasteiger partial charge in [0.2, 0.25) is 0 Å². The smallest absolute Gasteiger partial charge is 0.387 e. The molecule has 0 aliphatic heterocycles. The van der Waals surface area contributed by atoms with Gasteiger partial charge in [-0.1, -0.05) is 53.7 Å². The molecule has 3 aromatic rings. The van der Waals surface area contributed by atoms with Gasteiger partial charge in [0, 0.05) is 11.0 Å². The number of hydrogen-bond donors (Lipinski definition) is 0. The number of nitro groups is 1. The molecule has 0 aromatic heterocycles. The summed E-state index contributed by atoms with van der Waals surface area (Å²) in [5.41, 5.74) is 1.40. The van der Waals surface area contributed by atoms with Crippen LogP contribution in [0.5, 0.6) is 5.75 Å². The predicted octanol–water partition coefficient (Wildman–Crippen LogP) is 6.55. The van der Waals surface area contributed by atoms with Crippen LogP contribution in [-0.2, 0) is 0 Å². The summed E-state index contributed by atoms with van der Waals surface area (Å²) < 4.78 is 29.4. The van der Waals surface area contributed by atoms with E-state index in [0.717, 1.165) is 10.5 Å². The molecule has 0 spiro atoms. The summed E-state index contributed by atoms with van der Waals surface area (Å²) in [7, 11) is 0. The Morgan fingerprint density at radius 1 is 1.10 bits per heavy atom. The van der Waals surface area contributed by atoms with Crippen molar-refractivity contribution in [3.8, 4) is 5.75 Å². The van der Waals surface area contributed by atoms with Crippen LogP contribution in [0.3, 0.4) is 0 Å². The van der Waals surface area contributed by atoms with Crippen LogP contribution in [0.1, 0.15) is 21.5 Å². The Hall–Kier alpha value is -3.52. The number of nitro benzene ring substituents is 1. The third kappa shape index (κ3) is 5.99. The molecule has 0 saturated heterocycles. The van der Waals surface area contributed by atoms with Crippen molar-refractivity contribution in [3.05, 3.63) is 99.6 Å². The standard InChI is InChI=1S/C23H17F2NO4S/c1-15-6-10-17(11-7-15)31-22-13-9-16(14-19(22)26(28)29)8-12-20(27)18-4-2-3-5-21(18)30-23(24)25/h2-14,23H,1H3. The quantitative estimate of drug-likeness (QED) is 0.172. The second-order valence-corrected chi connectivity index (χ2v) is 7.59. The van der Waals surface area contributed by atoms with E-state index in [1.807, 2.05) is 31.2 Å². The molecule has 0 aliphatic rings. The highest BCUT2D eigenvalue weighted by Gasteiger charge is 2.16. The largest absolute Gasteiger partial charge is 0.434 e. The van der Waals surface area contributed by atoms with Crippen LogP contribution in [0.4, 0.5) is 14.5 Å². The molecule has 0 aliphatic carbocycles. The van der Waals surface area contributed by atoms with Crippen LogP contribution in [0.15, 0.2) is 82.6 Å². The fourth-order valence-electron chi connectivity index (χ4n) is 2.73. The zero-order valence-electron chi connectivity index (χ0n) is 16.3. The predicted molar refractivity (Wildman–Crippen MR) is 115 cm³/mol. The summed E-state index contributed by atoms with van der Waals surface area (Å²) in [6.07, 6.45) is 2.56. The van der Waals surface area contributed by atoms with Crippen molar-refractivity contribution in [1.82, 2.24) is 0 Å². The van der Waals surface area contributed by atoms with Gasteiger partial charge in [-0.25, -0.2) is 0 Å². The first-order valence-electron chi connectivity index (χ1n) is 9.12. The van der Waals surface area contributed by atoms with E-state index in [-0.39, 0.29) is 17.0 Å². The molecule has 31 heavy (non-hydrogen) atoms. The van der Waals surface area contributed by atoms with E-state index in [0.29, 0.717) is 10.5 Å². The summed E-state index contributed by atoms with van der Waals surface area (Å²) in [6, 6.07) is 17.9. The van der Waals surface area contributed by atoms with Crippen molar-refractivity contribution in [2.24, 2.45) is 0 Å². The van der Waals surface area contributed by atoms with Crippen molar-refractivity contribution in [3.63, 3.8) is 0 Å². The fraction of sp³-hybridized carbons (Fsp3) is 0.0870. The molecule has 3 aromatic carbocycles. The second kappa shape index (κ2) is 9.99. The van der Waals surface area contributed by atoms with Gasteiger partial charge in [-0.05, 0) is 48.9 Å². The Bertz CT molecular complexity index is 1130. The number of halogens is 2. The zero-order valence-corrected chi connectivity index (χ0v) is 17.1. The highest BCUT2D eigenvalue weighted by molar-refractivity contribution is 7.99. The minimum Gasteiger partial charge on any atom is -0.434 e. The molecule has 8 heteroatoms. The summed E-state index contributed by atoms with van der Waals surface area (Å²) in [6.45, 7) is -1.10. The lowest BCUT2D eigenvalue weighted by Crippen LogP contribution is -2.06. The lowest BCUT2D eigenvalue weighted by Gasteiger charge is -2.08. The van der Waals surface area contributed by atoms with Gasteiger partial charge in [-0.3, -0.25) is 14.9 Å². The third-order valence-corrected chi connectivity index (χ3v) is 5.30.